The number of rotatable bonds is 1. The molecule has 4 heteroatoms. The number of benzene rings is 1. The van der Waals surface area contributed by atoms with Crippen molar-refractivity contribution in [1.29, 1.82) is 0 Å². The molecule has 0 aliphatic carbocycles. The largest absolute Gasteiger partial charge is 0.507 e. The van der Waals surface area contributed by atoms with Crippen molar-refractivity contribution in [2.75, 3.05) is 6.61 Å². The van der Waals surface area contributed by atoms with Gasteiger partial charge < -0.3 is 14.3 Å². The van der Waals surface area contributed by atoms with E-state index in [0.29, 0.717) is 17.9 Å². The summed E-state index contributed by atoms with van der Waals surface area (Å²) in [5.74, 6) is 1.62. The standard InChI is InChI=1S/C12H11NO3/c1-7-4-9-8(2-3-15-9)12(14)11(7)10-5-13-6-16-10/h4-6,14H,2-3H2,1H3. The molecule has 0 saturated carbocycles. The fraction of sp³-hybridized carbons (Fsp3) is 0.250. The van der Waals surface area contributed by atoms with Crippen molar-refractivity contribution in [2.45, 2.75) is 13.3 Å². The number of fused-ring (bicyclic) bond motifs is 1. The van der Waals surface area contributed by atoms with Crippen LogP contribution in [0.1, 0.15) is 11.1 Å². The number of aromatic nitrogens is 1. The van der Waals surface area contributed by atoms with Crippen LogP contribution in [0.15, 0.2) is 23.1 Å². The van der Waals surface area contributed by atoms with Crippen molar-refractivity contribution in [3.05, 3.63) is 29.8 Å². The monoisotopic (exact) mass is 217 g/mol. The molecule has 0 atom stereocenters. The number of oxazole rings is 1. The lowest BCUT2D eigenvalue weighted by molar-refractivity contribution is 0.356. The van der Waals surface area contributed by atoms with E-state index in [2.05, 4.69) is 4.98 Å². The highest BCUT2D eigenvalue weighted by atomic mass is 16.5. The zero-order valence-corrected chi connectivity index (χ0v) is 8.86. The maximum Gasteiger partial charge on any atom is 0.181 e. The fourth-order valence-corrected chi connectivity index (χ4v) is 2.09. The molecule has 16 heavy (non-hydrogen) atoms. The minimum Gasteiger partial charge on any atom is -0.507 e. The molecule has 0 unspecified atom stereocenters. The first kappa shape index (κ1) is 9.27. The van der Waals surface area contributed by atoms with Gasteiger partial charge in [-0.25, -0.2) is 4.98 Å². The quantitative estimate of drug-likeness (QED) is 0.796. The molecule has 0 bridgehead atoms. The Kier molecular flexibility index (Phi) is 1.89. The summed E-state index contributed by atoms with van der Waals surface area (Å²) in [6.45, 7) is 2.54. The van der Waals surface area contributed by atoms with E-state index in [-0.39, 0.29) is 5.75 Å². The van der Waals surface area contributed by atoms with Gasteiger partial charge in [0.15, 0.2) is 12.2 Å². The highest BCUT2D eigenvalue weighted by Crippen LogP contribution is 2.42. The van der Waals surface area contributed by atoms with Crippen LogP contribution in [0.25, 0.3) is 11.3 Å². The third-order valence-corrected chi connectivity index (χ3v) is 2.85. The molecule has 1 aliphatic heterocycles. The predicted octanol–water partition coefficient (Wildman–Crippen LogP) is 2.29. The molecule has 0 spiro atoms. The summed E-state index contributed by atoms with van der Waals surface area (Å²) in [5, 5.41) is 10.2. The second kappa shape index (κ2) is 3.27. The number of aromatic hydroxyl groups is 1. The molecule has 4 nitrogen and oxygen atoms in total. The van der Waals surface area contributed by atoms with Crippen molar-refractivity contribution in [1.82, 2.24) is 4.98 Å². The average Bonchev–Trinajstić information content (AvgIpc) is 2.87. The minimum absolute atomic E-state index is 0.254. The zero-order chi connectivity index (χ0) is 11.1. The fourth-order valence-electron chi connectivity index (χ4n) is 2.09. The van der Waals surface area contributed by atoms with E-state index in [1.54, 1.807) is 6.20 Å². The van der Waals surface area contributed by atoms with Crippen molar-refractivity contribution < 1.29 is 14.3 Å². The van der Waals surface area contributed by atoms with Crippen LogP contribution in [0.3, 0.4) is 0 Å². The second-order valence-electron chi connectivity index (χ2n) is 3.86. The first-order valence-corrected chi connectivity index (χ1v) is 5.14. The van der Waals surface area contributed by atoms with Gasteiger partial charge >= 0.3 is 0 Å². The van der Waals surface area contributed by atoms with E-state index in [1.165, 1.54) is 6.39 Å². The van der Waals surface area contributed by atoms with Crippen LogP contribution in [0.4, 0.5) is 0 Å². The summed E-state index contributed by atoms with van der Waals surface area (Å²) in [7, 11) is 0. The van der Waals surface area contributed by atoms with Crippen LogP contribution in [-0.4, -0.2) is 16.7 Å². The van der Waals surface area contributed by atoms with Gasteiger partial charge in [-0.2, -0.15) is 0 Å². The Balaban J connectivity index is 2.26. The summed E-state index contributed by atoms with van der Waals surface area (Å²) in [5.41, 5.74) is 2.49. The van der Waals surface area contributed by atoms with Gasteiger partial charge in [0.2, 0.25) is 0 Å². The Morgan fingerprint density at radius 2 is 2.31 bits per heavy atom. The van der Waals surface area contributed by atoms with Crippen LogP contribution in [0.2, 0.25) is 0 Å². The average molecular weight is 217 g/mol. The lowest BCUT2D eigenvalue weighted by Crippen LogP contribution is -1.88. The van der Waals surface area contributed by atoms with E-state index in [1.807, 2.05) is 13.0 Å². The SMILES string of the molecule is Cc1cc2c(c(O)c1-c1cnco1)CCO2. The van der Waals surface area contributed by atoms with E-state index >= 15 is 0 Å². The highest BCUT2D eigenvalue weighted by Gasteiger charge is 2.23. The lowest BCUT2D eigenvalue weighted by Gasteiger charge is -2.09. The topological polar surface area (TPSA) is 55.5 Å². The predicted molar refractivity (Wildman–Crippen MR) is 57.5 cm³/mol. The smallest absolute Gasteiger partial charge is 0.181 e. The second-order valence-corrected chi connectivity index (χ2v) is 3.86. The van der Waals surface area contributed by atoms with E-state index < -0.39 is 0 Å². The van der Waals surface area contributed by atoms with Gasteiger partial charge in [-0.05, 0) is 18.6 Å². The molecule has 3 rings (SSSR count). The third kappa shape index (κ3) is 1.19. The molecule has 0 saturated heterocycles. The van der Waals surface area contributed by atoms with Gasteiger partial charge in [-0.3, -0.25) is 0 Å². The number of hydrogen-bond donors (Lipinski definition) is 1. The van der Waals surface area contributed by atoms with Crippen LogP contribution in [-0.2, 0) is 6.42 Å². The molecular weight excluding hydrogens is 206 g/mol. The van der Waals surface area contributed by atoms with E-state index in [9.17, 15) is 5.11 Å². The Morgan fingerprint density at radius 1 is 1.44 bits per heavy atom. The van der Waals surface area contributed by atoms with Crippen molar-refractivity contribution in [2.24, 2.45) is 0 Å². The van der Waals surface area contributed by atoms with Crippen LogP contribution in [0, 0.1) is 6.92 Å². The summed E-state index contributed by atoms with van der Waals surface area (Å²) in [4.78, 5) is 3.87. The Bertz CT molecular complexity index is 532. The summed E-state index contributed by atoms with van der Waals surface area (Å²) < 4.78 is 10.7. The van der Waals surface area contributed by atoms with Crippen molar-refractivity contribution in [3.8, 4) is 22.8 Å². The van der Waals surface area contributed by atoms with Gasteiger partial charge in [0.1, 0.15) is 11.5 Å². The van der Waals surface area contributed by atoms with Gasteiger partial charge in [0.25, 0.3) is 0 Å². The van der Waals surface area contributed by atoms with Crippen LogP contribution < -0.4 is 4.74 Å². The number of nitrogens with zero attached hydrogens (tertiary/aromatic N) is 1. The molecule has 1 N–H and O–H groups in total. The van der Waals surface area contributed by atoms with E-state index in [0.717, 1.165) is 23.3 Å². The first-order valence-electron chi connectivity index (χ1n) is 5.14. The Morgan fingerprint density at radius 3 is 3.06 bits per heavy atom. The van der Waals surface area contributed by atoms with Gasteiger partial charge in [-0.1, -0.05) is 0 Å². The normalized spacial score (nSPS) is 13.6. The molecule has 0 fully saturated rings. The number of phenols is 1. The van der Waals surface area contributed by atoms with Crippen LogP contribution in [0.5, 0.6) is 11.5 Å². The molecule has 2 aromatic rings. The first-order chi connectivity index (χ1) is 7.77. The number of ether oxygens (including phenoxy) is 1. The summed E-state index contributed by atoms with van der Waals surface area (Å²) in [6.07, 6.45) is 3.70. The van der Waals surface area contributed by atoms with Gasteiger partial charge in [-0.15, -0.1) is 0 Å². The van der Waals surface area contributed by atoms with Gasteiger partial charge in [0, 0.05) is 12.0 Å². The molecule has 1 aromatic carbocycles. The van der Waals surface area contributed by atoms with E-state index in [4.69, 9.17) is 9.15 Å². The molecule has 0 amide bonds. The third-order valence-electron chi connectivity index (χ3n) is 2.85. The molecule has 2 heterocycles. The Hall–Kier alpha value is -1.97. The highest BCUT2D eigenvalue weighted by molar-refractivity contribution is 5.73. The lowest BCUT2D eigenvalue weighted by atomic mass is 10.00. The summed E-state index contributed by atoms with van der Waals surface area (Å²) >= 11 is 0. The molecule has 82 valence electrons. The number of phenolic OH excluding ortho intramolecular Hbond substituents is 1. The van der Waals surface area contributed by atoms with Crippen molar-refractivity contribution in [3.63, 3.8) is 0 Å². The molecule has 1 aliphatic rings. The maximum atomic E-state index is 10.2. The number of hydrogen-bond acceptors (Lipinski definition) is 4. The summed E-state index contributed by atoms with van der Waals surface area (Å²) in [6, 6.07) is 1.93. The molecular formula is C12H11NO3. The Labute approximate surface area is 92.5 Å². The minimum atomic E-state index is 0.254. The zero-order valence-electron chi connectivity index (χ0n) is 8.86. The molecule has 0 radical (unpaired) electrons. The van der Waals surface area contributed by atoms with Crippen LogP contribution >= 0.6 is 0 Å². The number of aryl methyl sites for hydroxylation is 1. The van der Waals surface area contributed by atoms with Gasteiger partial charge in [0.05, 0.1) is 18.4 Å². The van der Waals surface area contributed by atoms with Crippen molar-refractivity contribution >= 4 is 0 Å². The maximum absolute atomic E-state index is 10.2. The molecule has 1 aromatic heterocycles.